The first kappa shape index (κ1) is 52.6. The number of benzene rings is 1. The molecule has 0 unspecified atom stereocenters. The van der Waals surface area contributed by atoms with E-state index in [1.54, 1.807) is 14.2 Å². The van der Waals surface area contributed by atoms with Crippen LogP contribution in [0.2, 0.25) is 0 Å². The number of hydrogen-bond acceptors (Lipinski definition) is 16. The molecule has 6 fully saturated rings. The summed E-state index contributed by atoms with van der Waals surface area (Å²) in [4.78, 5) is 59.0. The first-order valence-electron chi connectivity index (χ1n) is 27.3. The fraction of sp³-hybridized carbons (Fsp3) is 0.661. The Morgan fingerprint density at radius 2 is 1.83 bits per heavy atom. The molecular weight excluding hydrogens is 977 g/mol. The van der Waals surface area contributed by atoms with Gasteiger partial charge in [0.25, 0.3) is 5.91 Å². The number of cyclic esters (lactones) is 1. The van der Waals surface area contributed by atoms with E-state index in [-0.39, 0.29) is 36.5 Å². The van der Waals surface area contributed by atoms with Crippen molar-refractivity contribution in [3.63, 3.8) is 0 Å². The Morgan fingerprint density at radius 3 is 2.55 bits per heavy atom. The number of amides is 2. The van der Waals surface area contributed by atoms with Gasteiger partial charge in [-0.3, -0.25) is 34.2 Å². The average Bonchev–Trinajstić information content (AvgIpc) is 4.18. The molecule has 2 amide bonds. The summed E-state index contributed by atoms with van der Waals surface area (Å²) in [6.45, 7) is 18.3. The van der Waals surface area contributed by atoms with Crippen LogP contribution in [-0.4, -0.2) is 176 Å². The van der Waals surface area contributed by atoms with Crippen molar-refractivity contribution in [1.29, 1.82) is 0 Å². The standard InChI is InChI=1S/C56H76N8O10S/c1-33-26-73-50(33)51(65)59-47-49(62-30-56(5,31-62)69-7)52-58-44(29-75-52)35-10-11-45-40(21-35)42(23-55(3,4)32-74-54(67)43-9-8-15-64(60-43)53(47)66)48(63(45)17-20-72-39-13-18-70-19-14-39)41-22-37(24-57-46(41)34(2)68-6)36-12-16-61(25-36)38-27-71-28-38/h10-11,21-22,24,29,33-34,36,38-39,43,47,49-50,60H,8-9,12-20,23,25-28,30-32H2,1-7H3,(H,59,65)/t33-,34-,36-,43-,47-,49-,50+/m0/s1. The smallest absolute Gasteiger partial charge is 0.324 e. The van der Waals surface area contributed by atoms with Crippen molar-refractivity contribution in [2.45, 2.75) is 134 Å². The Hall–Kier alpha value is -4.41. The molecule has 406 valence electrons. The zero-order valence-corrected chi connectivity index (χ0v) is 45.6. The van der Waals surface area contributed by atoms with Crippen LogP contribution in [0.1, 0.15) is 107 Å². The minimum atomic E-state index is -1.07. The van der Waals surface area contributed by atoms with Crippen molar-refractivity contribution < 1.29 is 47.5 Å². The Bertz CT molecular complexity index is 2730. The van der Waals surface area contributed by atoms with Crippen molar-refractivity contribution in [3.8, 4) is 22.5 Å². The van der Waals surface area contributed by atoms with E-state index in [9.17, 15) is 9.59 Å². The summed E-state index contributed by atoms with van der Waals surface area (Å²) < 4.78 is 44.5. The van der Waals surface area contributed by atoms with Crippen LogP contribution in [0.4, 0.5) is 0 Å². The quantitative estimate of drug-likeness (QED) is 0.153. The molecule has 75 heavy (non-hydrogen) atoms. The maximum Gasteiger partial charge on any atom is 0.324 e. The highest BCUT2D eigenvalue weighted by molar-refractivity contribution is 7.10. The lowest BCUT2D eigenvalue weighted by molar-refractivity contribution is -0.166. The summed E-state index contributed by atoms with van der Waals surface area (Å²) in [6, 6.07) is 6.91. The Labute approximate surface area is 444 Å². The van der Waals surface area contributed by atoms with Crippen LogP contribution in [0.3, 0.4) is 0 Å². The number of esters is 1. The minimum absolute atomic E-state index is 0.00260. The van der Waals surface area contributed by atoms with Crippen LogP contribution >= 0.6 is 11.3 Å². The van der Waals surface area contributed by atoms with Crippen LogP contribution in [0, 0.1) is 11.3 Å². The number of aromatic nitrogens is 3. The third-order valence-electron chi connectivity index (χ3n) is 17.0. The van der Waals surface area contributed by atoms with E-state index in [1.807, 2.05) is 13.8 Å². The van der Waals surface area contributed by atoms with Crippen molar-refractivity contribution in [2.24, 2.45) is 11.3 Å². The molecule has 6 bridgehead atoms. The largest absolute Gasteiger partial charge is 0.464 e. The number of nitrogens with one attached hydrogen (secondary N) is 2. The van der Waals surface area contributed by atoms with Crippen molar-refractivity contribution in [1.82, 2.24) is 40.1 Å². The third kappa shape index (κ3) is 10.7. The summed E-state index contributed by atoms with van der Waals surface area (Å²) >= 11 is 1.47. The minimum Gasteiger partial charge on any atom is -0.464 e. The second-order valence-electron chi connectivity index (χ2n) is 23.2. The monoisotopic (exact) mass is 1050 g/mol. The van der Waals surface area contributed by atoms with Gasteiger partial charge < -0.3 is 43.0 Å². The summed E-state index contributed by atoms with van der Waals surface area (Å²) in [5, 5.41) is 8.45. The molecule has 2 N–H and O–H groups in total. The maximum absolute atomic E-state index is 15.1. The summed E-state index contributed by atoms with van der Waals surface area (Å²) in [6.07, 6.45) is 5.54. The van der Waals surface area contributed by atoms with Gasteiger partial charge in [-0.15, -0.1) is 11.3 Å². The van der Waals surface area contributed by atoms with Gasteiger partial charge in [0.2, 0.25) is 5.91 Å². The van der Waals surface area contributed by atoms with E-state index >= 15 is 4.79 Å². The highest BCUT2D eigenvalue weighted by Gasteiger charge is 2.50. The molecule has 0 spiro atoms. The molecular formula is C56H76N8O10S. The fourth-order valence-corrected chi connectivity index (χ4v) is 13.2. The molecule has 19 heteroatoms. The SMILES string of the molecule is CO[C@@H](C)c1ncc([C@H]2CCN(C3COC3)C2)cc1-c1c2c3cc(ccc3n1CCOC1CCOCC1)-c1csc(n1)[C@@H](N1CC(C)(OC)C1)[C@H](NC(=O)[C@@H]1OC[C@@H]1C)C(=O)N1CCC[C@H](N1)C(=O)OCC(C)(C)C2. The molecule has 7 aliphatic heterocycles. The second-order valence-corrected chi connectivity index (χ2v) is 24.1. The third-order valence-corrected chi connectivity index (χ3v) is 17.9. The van der Waals surface area contributed by atoms with E-state index in [4.69, 9.17) is 43.1 Å². The lowest BCUT2D eigenvalue weighted by atomic mass is 9.83. The summed E-state index contributed by atoms with van der Waals surface area (Å²) in [5.74, 6) is -0.837. The zero-order chi connectivity index (χ0) is 52.2. The van der Waals surface area contributed by atoms with Gasteiger partial charge in [-0.05, 0) is 94.2 Å². The molecule has 7 atom stereocenters. The average molecular weight is 1050 g/mol. The number of fused-ring (bicyclic) bond motifs is 6. The second kappa shape index (κ2) is 21.8. The number of pyridine rings is 1. The Balaban J connectivity index is 1.07. The molecule has 18 nitrogen and oxygen atoms in total. The molecule has 3 aromatic heterocycles. The number of thiazole rings is 1. The molecule has 6 saturated heterocycles. The van der Waals surface area contributed by atoms with Gasteiger partial charge in [-0.25, -0.2) is 10.4 Å². The molecule has 0 aliphatic carbocycles. The highest BCUT2D eigenvalue weighted by atomic mass is 32.1. The number of ether oxygens (including phenoxy) is 7. The van der Waals surface area contributed by atoms with Crippen molar-refractivity contribution in [3.05, 3.63) is 57.7 Å². The van der Waals surface area contributed by atoms with Crippen LogP contribution < -0.4 is 10.7 Å². The van der Waals surface area contributed by atoms with Gasteiger partial charge in [0, 0.05) is 105 Å². The number of nitrogens with zero attached hydrogens (tertiary/aromatic N) is 6. The zero-order valence-electron chi connectivity index (χ0n) is 44.8. The lowest BCUT2D eigenvalue weighted by Crippen LogP contribution is -2.68. The predicted molar refractivity (Wildman–Crippen MR) is 282 cm³/mol. The van der Waals surface area contributed by atoms with Gasteiger partial charge in [0.1, 0.15) is 23.2 Å². The van der Waals surface area contributed by atoms with Crippen LogP contribution in [0.15, 0.2) is 35.8 Å². The molecule has 11 rings (SSSR count). The van der Waals surface area contributed by atoms with E-state index < -0.39 is 41.2 Å². The van der Waals surface area contributed by atoms with Crippen LogP contribution in [0.25, 0.3) is 33.4 Å². The van der Waals surface area contributed by atoms with Gasteiger partial charge in [0.05, 0.1) is 80.0 Å². The summed E-state index contributed by atoms with van der Waals surface area (Å²) in [5.41, 5.74) is 10.2. The molecule has 0 saturated carbocycles. The Morgan fingerprint density at radius 1 is 1.01 bits per heavy atom. The lowest BCUT2D eigenvalue weighted by Gasteiger charge is -2.51. The van der Waals surface area contributed by atoms with Gasteiger partial charge in [-0.1, -0.05) is 26.8 Å². The van der Waals surface area contributed by atoms with E-state index in [0.29, 0.717) is 88.8 Å². The van der Waals surface area contributed by atoms with Gasteiger partial charge in [0.15, 0.2) is 0 Å². The molecule has 0 radical (unpaired) electrons. The van der Waals surface area contributed by atoms with Crippen LogP contribution in [0.5, 0.6) is 0 Å². The predicted octanol–water partition coefficient (Wildman–Crippen LogP) is 5.82. The highest BCUT2D eigenvalue weighted by Crippen LogP contribution is 2.45. The first-order valence-corrected chi connectivity index (χ1v) is 28.2. The number of carbonyl (C=O) groups excluding carboxylic acids is 3. The first-order chi connectivity index (χ1) is 36.2. The number of carbonyl (C=O) groups is 3. The Kier molecular flexibility index (Phi) is 15.3. The van der Waals surface area contributed by atoms with E-state index in [2.05, 4.69) is 81.7 Å². The number of likely N-dealkylation sites (tertiary alicyclic amines) is 2. The van der Waals surface area contributed by atoms with E-state index in [1.165, 1.54) is 21.9 Å². The molecule has 1 aromatic carbocycles. The van der Waals surface area contributed by atoms with Gasteiger partial charge in [-0.2, -0.15) is 0 Å². The van der Waals surface area contributed by atoms with Gasteiger partial charge >= 0.3 is 5.97 Å². The maximum atomic E-state index is 15.1. The van der Waals surface area contributed by atoms with E-state index in [0.717, 1.165) is 90.2 Å². The summed E-state index contributed by atoms with van der Waals surface area (Å²) in [7, 11) is 3.44. The van der Waals surface area contributed by atoms with Crippen molar-refractivity contribution in [2.75, 3.05) is 93.2 Å². The molecule has 4 aromatic rings. The molecule has 10 heterocycles. The topological polar surface area (TPSA) is 180 Å². The fourth-order valence-electron chi connectivity index (χ4n) is 12.2. The normalized spacial score (nSPS) is 28.3. The molecule has 7 aliphatic rings. The number of hydrogen-bond donors (Lipinski definition) is 2. The number of methoxy groups -OCH3 is 2. The van der Waals surface area contributed by atoms with Crippen LogP contribution in [-0.2, 0) is 60.5 Å². The van der Waals surface area contributed by atoms with Crippen molar-refractivity contribution >= 4 is 40.0 Å². The number of rotatable bonds is 13. The number of hydrazine groups is 1.